The van der Waals surface area contributed by atoms with Gasteiger partial charge in [0.2, 0.25) is 0 Å². The highest BCUT2D eigenvalue weighted by Crippen LogP contribution is 2.23. The lowest BCUT2D eigenvalue weighted by Crippen LogP contribution is -2.45. The lowest BCUT2D eigenvalue weighted by molar-refractivity contribution is -0.0390. The van der Waals surface area contributed by atoms with Crippen LogP contribution >= 0.6 is 0 Å². The lowest BCUT2D eigenvalue weighted by atomic mass is 10.1. The first kappa shape index (κ1) is 14.1. The smallest absolute Gasteiger partial charge is 0.251 e. The van der Waals surface area contributed by atoms with Crippen LogP contribution in [0.4, 0.5) is 0 Å². The first-order valence-electron chi connectivity index (χ1n) is 7.32. The van der Waals surface area contributed by atoms with Gasteiger partial charge in [-0.3, -0.25) is 9.69 Å². The molecule has 0 bridgehead atoms. The number of hydrogen-bond donors (Lipinski definition) is 1. The van der Waals surface area contributed by atoms with Crippen LogP contribution in [0.15, 0.2) is 24.3 Å². The predicted molar refractivity (Wildman–Crippen MR) is 77.8 cm³/mol. The monoisotopic (exact) mass is 285 g/mol. The van der Waals surface area contributed by atoms with Crippen molar-refractivity contribution in [2.45, 2.75) is 31.5 Å². The average molecular weight is 285 g/mol. The molecule has 0 spiro atoms. The maximum atomic E-state index is 12.3. The fraction of sp³-hybridized carbons (Fsp3) is 0.500. The Morgan fingerprint density at radius 3 is 3.14 bits per heavy atom. The minimum Gasteiger partial charge on any atom is -0.376 e. The number of nitrogens with one attached hydrogen (secondary N) is 1. The minimum atomic E-state index is -0.106. The van der Waals surface area contributed by atoms with E-state index < -0.39 is 0 Å². The van der Waals surface area contributed by atoms with Gasteiger partial charge >= 0.3 is 0 Å². The van der Waals surface area contributed by atoms with Crippen LogP contribution in [0.2, 0.25) is 0 Å². The first-order chi connectivity index (χ1) is 10.2. The lowest BCUT2D eigenvalue weighted by Gasteiger charge is -2.33. The molecule has 2 aliphatic heterocycles. The summed E-state index contributed by atoms with van der Waals surface area (Å²) in [7, 11) is 0. The van der Waals surface area contributed by atoms with Gasteiger partial charge in [0.15, 0.2) is 0 Å². The second kappa shape index (κ2) is 5.84. The second-order valence-corrected chi connectivity index (χ2v) is 5.85. The molecule has 1 aromatic carbocycles. The standard InChI is InChI=1S/C16H19N3O2/c1-11-8-19-9-14(6-15(19)10-21-11)18-16(20)13-4-2-3-12(5-13)7-17/h2-5,11,14-15H,6,8-10H2,1H3,(H,18,20)/t11-,14+,15-/m0/s1. The number of nitrogens with zero attached hydrogens (tertiary/aromatic N) is 2. The van der Waals surface area contributed by atoms with Crippen LogP contribution in [-0.4, -0.2) is 48.7 Å². The summed E-state index contributed by atoms with van der Waals surface area (Å²) in [6.07, 6.45) is 1.19. The number of rotatable bonds is 2. The maximum Gasteiger partial charge on any atom is 0.251 e. The molecular formula is C16H19N3O2. The molecule has 2 saturated heterocycles. The Hall–Kier alpha value is -1.90. The highest BCUT2D eigenvalue weighted by Gasteiger charge is 2.36. The van der Waals surface area contributed by atoms with Gasteiger partial charge in [-0.25, -0.2) is 0 Å². The van der Waals surface area contributed by atoms with E-state index in [0.29, 0.717) is 17.2 Å². The van der Waals surface area contributed by atoms with Crippen molar-refractivity contribution in [1.82, 2.24) is 10.2 Å². The molecule has 0 saturated carbocycles. The number of amides is 1. The number of morpholine rings is 1. The number of nitriles is 1. The number of hydrogen-bond acceptors (Lipinski definition) is 4. The van der Waals surface area contributed by atoms with Crippen molar-refractivity contribution >= 4 is 5.91 Å². The van der Waals surface area contributed by atoms with Crippen molar-refractivity contribution in [1.29, 1.82) is 5.26 Å². The normalized spacial score (nSPS) is 28.7. The third-order valence-corrected chi connectivity index (χ3v) is 4.18. The molecule has 5 nitrogen and oxygen atoms in total. The zero-order valence-electron chi connectivity index (χ0n) is 12.1. The minimum absolute atomic E-state index is 0.106. The molecule has 0 aliphatic carbocycles. The van der Waals surface area contributed by atoms with E-state index in [1.54, 1.807) is 24.3 Å². The molecule has 1 N–H and O–H groups in total. The Labute approximate surface area is 124 Å². The highest BCUT2D eigenvalue weighted by atomic mass is 16.5. The van der Waals surface area contributed by atoms with Crippen LogP contribution in [0.1, 0.15) is 29.3 Å². The number of carbonyl (C=O) groups excluding carboxylic acids is 1. The molecule has 110 valence electrons. The van der Waals surface area contributed by atoms with Crippen molar-refractivity contribution in [2.75, 3.05) is 19.7 Å². The van der Waals surface area contributed by atoms with Gasteiger partial charge in [0.25, 0.3) is 5.91 Å². The van der Waals surface area contributed by atoms with Crippen molar-refractivity contribution in [2.24, 2.45) is 0 Å². The molecular weight excluding hydrogens is 266 g/mol. The van der Waals surface area contributed by atoms with Gasteiger partial charge < -0.3 is 10.1 Å². The SMILES string of the molecule is C[C@H]1CN2C[C@H](NC(=O)c3cccc(C#N)c3)C[C@H]2CO1. The summed E-state index contributed by atoms with van der Waals surface area (Å²) in [5.74, 6) is -0.106. The molecule has 1 aromatic rings. The van der Waals surface area contributed by atoms with Gasteiger partial charge in [0, 0.05) is 30.7 Å². The molecule has 21 heavy (non-hydrogen) atoms. The second-order valence-electron chi connectivity index (χ2n) is 5.85. The summed E-state index contributed by atoms with van der Waals surface area (Å²) in [4.78, 5) is 14.7. The molecule has 1 amide bonds. The Morgan fingerprint density at radius 1 is 1.48 bits per heavy atom. The summed E-state index contributed by atoms with van der Waals surface area (Å²) < 4.78 is 5.67. The molecule has 2 aliphatic rings. The summed E-state index contributed by atoms with van der Waals surface area (Å²) in [5, 5.41) is 12.0. The van der Waals surface area contributed by atoms with E-state index >= 15 is 0 Å². The number of carbonyl (C=O) groups is 1. The van der Waals surface area contributed by atoms with Crippen molar-refractivity contribution < 1.29 is 9.53 Å². The molecule has 2 fully saturated rings. The van der Waals surface area contributed by atoms with Crippen molar-refractivity contribution in [3.8, 4) is 6.07 Å². The molecule has 0 unspecified atom stereocenters. The van der Waals surface area contributed by atoms with Gasteiger partial charge in [-0.2, -0.15) is 5.26 Å². The third kappa shape index (κ3) is 3.07. The van der Waals surface area contributed by atoms with Gasteiger partial charge in [0.1, 0.15) is 0 Å². The van der Waals surface area contributed by atoms with E-state index in [1.807, 2.05) is 0 Å². The zero-order chi connectivity index (χ0) is 14.8. The van der Waals surface area contributed by atoms with Crippen LogP contribution in [0.3, 0.4) is 0 Å². The molecule has 3 atom stereocenters. The van der Waals surface area contributed by atoms with E-state index in [2.05, 4.69) is 23.2 Å². The van der Waals surface area contributed by atoms with Crippen LogP contribution in [-0.2, 0) is 4.74 Å². The highest BCUT2D eigenvalue weighted by molar-refractivity contribution is 5.94. The Balaban J connectivity index is 1.62. The van der Waals surface area contributed by atoms with Crippen LogP contribution in [0.5, 0.6) is 0 Å². The summed E-state index contributed by atoms with van der Waals surface area (Å²) in [5.41, 5.74) is 1.05. The van der Waals surface area contributed by atoms with Gasteiger partial charge in [0.05, 0.1) is 24.3 Å². The molecule has 2 heterocycles. The first-order valence-corrected chi connectivity index (χ1v) is 7.32. The number of ether oxygens (including phenoxy) is 1. The predicted octanol–water partition coefficient (Wildman–Crippen LogP) is 1.15. The van der Waals surface area contributed by atoms with Gasteiger partial charge in [-0.05, 0) is 31.5 Å². The average Bonchev–Trinajstić information content (AvgIpc) is 2.88. The van der Waals surface area contributed by atoms with E-state index in [1.165, 1.54) is 0 Å². The third-order valence-electron chi connectivity index (χ3n) is 4.18. The number of benzene rings is 1. The van der Waals surface area contributed by atoms with E-state index in [0.717, 1.165) is 26.1 Å². The topological polar surface area (TPSA) is 65.4 Å². The van der Waals surface area contributed by atoms with E-state index in [9.17, 15) is 4.79 Å². The van der Waals surface area contributed by atoms with E-state index in [4.69, 9.17) is 10.00 Å². The van der Waals surface area contributed by atoms with Crippen molar-refractivity contribution in [3.63, 3.8) is 0 Å². The Kier molecular flexibility index (Phi) is 3.91. The summed E-state index contributed by atoms with van der Waals surface area (Å²) in [6.45, 7) is 4.63. The van der Waals surface area contributed by atoms with E-state index in [-0.39, 0.29) is 18.1 Å². The quantitative estimate of drug-likeness (QED) is 0.885. The van der Waals surface area contributed by atoms with Gasteiger partial charge in [-0.1, -0.05) is 6.07 Å². The summed E-state index contributed by atoms with van der Waals surface area (Å²) in [6, 6.07) is 9.43. The largest absolute Gasteiger partial charge is 0.376 e. The van der Waals surface area contributed by atoms with Crippen LogP contribution < -0.4 is 5.32 Å². The Bertz CT molecular complexity index is 581. The fourth-order valence-corrected chi connectivity index (χ4v) is 3.14. The fourth-order valence-electron chi connectivity index (χ4n) is 3.14. The molecule has 0 aromatic heterocycles. The molecule has 5 heteroatoms. The molecule has 3 rings (SSSR count). The van der Waals surface area contributed by atoms with Gasteiger partial charge in [-0.15, -0.1) is 0 Å². The molecule has 0 radical (unpaired) electrons. The zero-order valence-corrected chi connectivity index (χ0v) is 12.1. The van der Waals surface area contributed by atoms with Crippen molar-refractivity contribution in [3.05, 3.63) is 35.4 Å². The maximum absolute atomic E-state index is 12.3. The number of fused-ring (bicyclic) bond motifs is 1. The Morgan fingerprint density at radius 2 is 2.33 bits per heavy atom. The van der Waals surface area contributed by atoms with Crippen LogP contribution in [0.25, 0.3) is 0 Å². The summed E-state index contributed by atoms with van der Waals surface area (Å²) >= 11 is 0. The van der Waals surface area contributed by atoms with Crippen LogP contribution in [0, 0.1) is 11.3 Å².